The van der Waals surface area contributed by atoms with Crippen molar-refractivity contribution in [2.45, 2.75) is 57.4 Å². The fourth-order valence-electron chi connectivity index (χ4n) is 3.58. The molecule has 0 bridgehead atoms. The van der Waals surface area contributed by atoms with E-state index in [-0.39, 0.29) is 5.92 Å². The summed E-state index contributed by atoms with van der Waals surface area (Å²) in [5, 5.41) is 12.9. The molecule has 2 nitrogen and oxygen atoms in total. The minimum absolute atomic E-state index is 0.280. The van der Waals surface area contributed by atoms with Gasteiger partial charge in [-0.3, -0.25) is 0 Å². The van der Waals surface area contributed by atoms with Crippen LogP contribution < -0.4 is 5.32 Å². The number of rotatable bonds is 5. The van der Waals surface area contributed by atoms with Crippen LogP contribution in [0, 0.1) is 35.0 Å². The van der Waals surface area contributed by atoms with Crippen LogP contribution in [0.2, 0.25) is 0 Å². The summed E-state index contributed by atoms with van der Waals surface area (Å²) in [4.78, 5) is 0. The van der Waals surface area contributed by atoms with Gasteiger partial charge in [0.1, 0.15) is 0 Å². The molecule has 2 atom stereocenters. The largest absolute Gasteiger partial charge is 0.312 e. The molecule has 3 saturated carbocycles. The van der Waals surface area contributed by atoms with Crippen molar-refractivity contribution < 1.29 is 0 Å². The van der Waals surface area contributed by atoms with Crippen molar-refractivity contribution in [1.82, 2.24) is 5.32 Å². The van der Waals surface area contributed by atoms with Gasteiger partial charge in [-0.1, -0.05) is 12.8 Å². The van der Waals surface area contributed by atoms with Gasteiger partial charge in [-0.15, -0.1) is 0 Å². The van der Waals surface area contributed by atoms with Crippen LogP contribution in [0.15, 0.2) is 0 Å². The van der Waals surface area contributed by atoms with Crippen molar-refractivity contribution in [2.75, 3.05) is 6.54 Å². The second-order valence-electron chi connectivity index (χ2n) is 6.37. The summed E-state index contributed by atoms with van der Waals surface area (Å²) >= 11 is 0. The van der Waals surface area contributed by atoms with Crippen LogP contribution in [-0.2, 0) is 0 Å². The summed E-state index contributed by atoms with van der Waals surface area (Å²) in [6.45, 7) is 1.19. The Labute approximate surface area is 105 Å². The third-order valence-corrected chi connectivity index (χ3v) is 5.00. The van der Waals surface area contributed by atoms with Crippen LogP contribution in [0.4, 0.5) is 0 Å². The highest BCUT2D eigenvalue weighted by Crippen LogP contribution is 2.49. The molecule has 3 aliphatic rings. The zero-order valence-electron chi connectivity index (χ0n) is 10.7. The van der Waals surface area contributed by atoms with Crippen molar-refractivity contribution in [3.63, 3.8) is 0 Å². The van der Waals surface area contributed by atoms with Gasteiger partial charge >= 0.3 is 0 Å². The van der Waals surface area contributed by atoms with Crippen LogP contribution >= 0.6 is 0 Å². The zero-order valence-corrected chi connectivity index (χ0v) is 10.7. The van der Waals surface area contributed by atoms with E-state index >= 15 is 0 Å². The van der Waals surface area contributed by atoms with E-state index in [0.29, 0.717) is 6.04 Å². The molecule has 2 heteroatoms. The molecule has 3 rings (SSSR count). The minimum atomic E-state index is 0.280. The average Bonchev–Trinajstić information content (AvgIpc) is 3.23. The van der Waals surface area contributed by atoms with Crippen molar-refractivity contribution in [3.8, 4) is 6.07 Å². The van der Waals surface area contributed by atoms with Crippen LogP contribution in [0.25, 0.3) is 0 Å². The second-order valence-corrected chi connectivity index (χ2v) is 6.37. The van der Waals surface area contributed by atoms with E-state index in [1.54, 1.807) is 0 Å². The minimum Gasteiger partial charge on any atom is -0.312 e. The number of hydrogen-bond donors (Lipinski definition) is 1. The Balaban J connectivity index is 1.49. The number of nitrogens with zero attached hydrogens (tertiary/aromatic N) is 1. The Morgan fingerprint density at radius 2 is 1.65 bits per heavy atom. The van der Waals surface area contributed by atoms with Crippen molar-refractivity contribution in [3.05, 3.63) is 0 Å². The fourth-order valence-corrected chi connectivity index (χ4v) is 3.58. The topological polar surface area (TPSA) is 35.8 Å². The summed E-state index contributed by atoms with van der Waals surface area (Å²) in [7, 11) is 0. The lowest BCUT2D eigenvalue weighted by atomic mass is 9.85. The van der Waals surface area contributed by atoms with Gasteiger partial charge in [0.25, 0.3) is 0 Å². The number of nitrogens with one attached hydrogen (secondary N) is 1. The molecule has 3 aliphatic carbocycles. The van der Waals surface area contributed by atoms with Gasteiger partial charge in [-0.25, -0.2) is 0 Å². The molecular formula is C15H24N2. The monoisotopic (exact) mass is 232 g/mol. The van der Waals surface area contributed by atoms with Crippen molar-refractivity contribution >= 4 is 0 Å². The van der Waals surface area contributed by atoms with E-state index in [1.807, 2.05) is 0 Å². The van der Waals surface area contributed by atoms with E-state index in [4.69, 9.17) is 0 Å². The molecule has 0 aromatic rings. The van der Waals surface area contributed by atoms with E-state index in [0.717, 1.165) is 24.2 Å². The van der Waals surface area contributed by atoms with Crippen molar-refractivity contribution in [2.24, 2.45) is 23.7 Å². The first kappa shape index (κ1) is 11.5. The third-order valence-electron chi connectivity index (χ3n) is 5.00. The Morgan fingerprint density at radius 3 is 2.24 bits per heavy atom. The Kier molecular flexibility index (Phi) is 3.38. The highest BCUT2D eigenvalue weighted by Gasteiger charge is 2.41. The first-order valence-electron chi connectivity index (χ1n) is 7.51. The predicted octanol–water partition coefficient (Wildman–Crippen LogP) is 3.09. The normalized spacial score (nSPS) is 33.6. The van der Waals surface area contributed by atoms with E-state index in [2.05, 4.69) is 11.4 Å². The molecular weight excluding hydrogens is 208 g/mol. The van der Waals surface area contributed by atoms with Gasteiger partial charge in [0.15, 0.2) is 0 Å². The molecule has 0 aliphatic heterocycles. The highest BCUT2D eigenvalue weighted by atomic mass is 14.9. The molecule has 17 heavy (non-hydrogen) atoms. The van der Waals surface area contributed by atoms with Gasteiger partial charge in [-0.2, -0.15) is 5.26 Å². The summed E-state index contributed by atoms with van der Waals surface area (Å²) in [5.74, 6) is 3.28. The average molecular weight is 232 g/mol. The third kappa shape index (κ3) is 2.83. The van der Waals surface area contributed by atoms with E-state index in [9.17, 15) is 5.26 Å². The summed E-state index contributed by atoms with van der Waals surface area (Å²) in [5.41, 5.74) is 0. The number of nitriles is 1. The maximum atomic E-state index is 9.18. The molecule has 1 N–H and O–H groups in total. The molecule has 0 amide bonds. The van der Waals surface area contributed by atoms with Crippen molar-refractivity contribution in [1.29, 1.82) is 5.26 Å². The van der Waals surface area contributed by atoms with Gasteiger partial charge in [0, 0.05) is 6.04 Å². The van der Waals surface area contributed by atoms with Gasteiger partial charge in [0.05, 0.1) is 12.0 Å². The Morgan fingerprint density at radius 1 is 1.00 bits per heavy atom. The molecule has 94 valence electrons. The first-order chi connectivity index (χ1) is 8.38. The lowest BCUT2D eigenvalue weighted by Crippen LogP contribution is -2.41. The Hall–Kier alpha value is -0.550. The maximum absolute atomic E-state index is 9.18. The summed E-state index contributed by atoms with van der Waals surface area (Å²) < 4.78 is 0. The molecule has 0 aromatic heterocycles. The van der Waals surface area contributed by atoms with E-state index in [1.165, 1.54) is 51.5 Å². The molecule has 3 fully saturated rings. The first-order valence-corrected chi connectivity index (χ1v) is 7.51. The van der Waals surface area contributed by atoms with Gasteiger partial charge in [-0.05, 0) is 62.8 Å². The van der Waals surface area contributed by atoms with E-state index < -0.39 is 0 Å². The Bertz CT molecular complexity index is 287. The quantitative estimate of drug-likeness (QED) is 0.790. The van der Waals surface area contributed by atoms with Gasteiger partial charge in [0.2, 0.25) is 0 Å². The zero-order chi connectivity index (χ0) is 11.7. The summed E-state index contributed by atoms with van der Waals surface area (Å²) in [6.07, 6.45) is 10.8. The van der Waals surface area contributed by atoms with Crippen LogP contribution in [0.5, 0.6) is 0 Å². The van der Waals surface area contributed by atoms with Gasteiger partial charge < -0.3 is 5.32 Å². The summed E-state index contributed by atoms with van der Waals surface area (Å²) in [6, 6.07) is 3.00. The second kappa shape index (κ2) is 4.98. The standard InChI is InChI=1S/C15H24N2/c16-9-13-3-1-2-4-15(13)17-10-14(11-5-6-11)12-7-8-12/h11-15,17H,1-8,10H2. The molecule has 0 saturated heterocycles. The lowest BCUT2D eigenvalue weighted by molar-refractivity contribution is 0.277. The van der Waals surface area contributed by atoms with Crippen LogP contribution in [0.1, 0.15) is 51.4 Å². The smallest absolute Gasteiger partial charge is 0.0672 e. The molecule has 0 aromatic carbocycles. The van der Waals surface area contributed by atoms with Crippen LogP contribution in [0.3, 0.4) is 0 Å². The lowest BCUT2D eigenvalue weighted by Gasteiger charge is -2.29. The predicted molar refractivity (Wildman–Crippen MR) is 68.3 cm³/mol. The molecule has 0 heterocycles. The maximum Gasteiger partial charge on any atom is 0.0672 e. The molecule has 2 unspecified atom stereocenters. The van der Waals surface area contributed by atoms with Crippen LogP contribution in [-0.4, -0.2) is 12.6 Å². The molecule has 0 spiro atoms. The number of hydrogen-bond acceptors (Lipinski definition) is 2. The highest BCUT2D eigenvalue weighted by molar-refractivity contribution is 4.97. The SMILES string of the molecule is N#CC1CCCCC1NCC(C1CC1)C1CC1. The fraction of sp³-hybridized carbons (Fsp3) is 0.933. The molecule has 0 radical (unpaired) electrons.